The molecular weight excluding hydrogens is 864 g/mol. The highest BCUT2D eigenvalue weighted by Gasteiger charge is 2.52. The molecule has 13 N–H and O–H groups in total. The molecule has 0 aliphatic carbocycles. The van der Waals surface area contributed by atoms with Gasteiger partial charge in [-0.1, -0.05) is 0 Å². The minimum absolute atomic E-state index is 0.0181. The van der Waals surface area contributed by atoms with E-state index in [4.69, 9.17) is 47.0 Å². The van der Waals surface area contributed by atoms with E-state index in [2.05, 4.69) is 0 Å². The van der Waals surface area contributed by atoms with Gasteiger partial charge in [0.2, 0.25) is 23.8 Å². The maximum absolute atomic E-state index is 14.6. The Morgan fingerprint density at radius 2 is 1.14 bits per heavy atom. The lowest BCUT2D eigenvalue weighted by molar-refractivity contribution is -0.360. The summed E-state index contributed by atoms with van der Waals surface area (Å²) in [6.07, 6.45) is -33.1. The normalized spacial score (nSPS) is 40.5. The van der Waals surface area contributed by atoms with Gasteiger partial charge in [0.1, 0.15) is 95.7 Å². The Balaban J connectivity index is 1.29. The van der Waals surface area contributed by atoms with Crippen molar-refractivity contribution >= 4 is 11.0 Å². The summed E-state index contributed by atoms with van der Waals surface area (Å²) in [5.41, 5.74) is -1.51. The van der Waals surface area contributed by atoms with Crippen LogP contribution in [0.5, 0.6) is 28.7 Å². The summed E-state index contributed by atoms with van der Waals surface area (Å²) in [7, 11) is 1.24. The van der Waals surface area contributed by atoms with Crippen molar-refractivity contribution in [2.75, 3.05) is 13.7 Å². The van der Waals surface area contributed by atoms with Crippen molar-refractivity contribution in [2.24, 2.45) is 0 Å². The first-order valence-corrected chi connectivity index (χ1v) is 20.1. The second-order valence-corrected chi connectivity index (χ2v) is 16.0. The largest absolute Gasteiger partial charge is 0.507 e. The third-order valence-electron chi connectivity index (χ3n) is 11.6. The van der Waals surface area contributed by atoms with Gasteiger partial charge < -0.3 is 113 Å². The molecule has 4 saturated heterocycles. The molecule has 0 bridgehead atoms. The zero-order valence-electron chi connectivity index (χ0n) is 34.4. The van der Waals surface area contributed by atoms with Crippen molar-refractivity contribution in [2.45, 2.75) is 144 Å². The SMILES string of the molecule is COc1cc(-c2oc3cc(O[C@@H]4OC(C)[C@H](O)C(O)[C@@H]4O)cc(O)c3c(=O)c2O[C@@H]2OC(CO[C@@H]3OC(C)[C@H](O)C(O)[C@@H]3O)[C@@H](O)[C@H](O)C2O[C@@H]2OC(C)[C@H](O)C(O)[C@@H]2O)ccc1O. The molecule has 20 atom stereocenters. The van der Waals surface area contributed by atoms with Crippen LogP contribution in [0.2, 0.25) is 0 Å². The number of aliphatic hydroxyl groups is 11. The van der Waals surface area contributed by atoms with Gasteiger partial charge in [-0.2, -0.15) is 0 Å². The molecule has 0 radical (unpaired) electrons. The lowest BCUT2D eigenvalue weighted by Gasteiger charge is -2.46. The molecule has 4 fully saturated rings. The number of fused-ring (bicyclic) bond motifs is 1. The predicted octanol–water partition coefficient (Wildman–Crippen LogP) is -4.03. The van der Waals surface area contributed by atoms with Gasteiger partial charge in [0.25, 0.3) is 0 Å². The van der Waals surface area contributed by atoms with E-state index < -0.39 is 158 Å². The standard InChI is InChI=1S/C40H52O24/c1-11-22(43)27(48)31(52)37(57-11)56-10-20-25(46)30(51)36(64-39-33(54)29(50)24(45)13(3)59-39)40(62-20)63-35-26(47)21-17(42)8-15(60-38-32(53)28(49)23(44)12(2)58-38)9-19(21)61-34(35)14-5-6-16(41)18(7-14)55-4/h5-9,11-13,20,22-25,27-33,36-46,48-54H,10H2,1-4H3/t11?,12?,13?,20?,22-,23-,24-,25+,27?,28?,29?,30-,31-,32-,33-,36?,37+,38-,39-,40-/m0/s1. The monoisotopic (exact) mass is 916 g/mol. The molecule has 5 heterocycles. The summed E-state index contributed by atoms with van der Waals surface area (Å²) < 4.78 is 57.4. The van der Waals surface area contributed by atoms with Crippen LogP contribution in [0.25, 0.3) is 22.3 Å². The molecule has 356 valence electrons. The topological polar surface area (TPSA) is 376 Å². The van der Waals surface area contributed by atoms with Crippen LogP contribution >= 0.6 is 0 Å². The van der Waals surface area contributed by atoms with Gasteiger partial charge in [0, 0.05) is 17.7 Å². The highest BCUT2D eigenvalue weighted by atomic mass is 16.8. The second kappa shape index (κ2) is 19.1. The molecule has 3 aromatic rings. The number of aromatic hydroxyl groups is 2. The fourth-order valence-electron chi connectivity index (χ4n) is 7.71. The van der Waals surface area contributed by atoms with E-state index in [0.717, 1.165) is 12.1 Å². The van der Waals surface area contributed by atoms with E-state index in [0.29, 0.717) is 0 Å². The number of rotatable bonds is 11. The van der Waals surface area contributed by atoms with Crippen molar-refractivity contribution in [3.05, 3.63) is 40.6 Å². The van der Waals surface area contributed by atoms with E-state index in [1.165, 1.54) is 46.1 Å². The molecule has 4 aliphatic rings. The van der Waals surface area contributed by atoms with Gasteiger partial charge in [0.15, 0.2) is 35.9 Å². The minimum Gasteiger partial charge on any atom is -0.507 e. The highest BCUT2D eigenvalue weighted by molar-refractivity contribution is 5.88. The molecule has 24 nitrogen and oxygen atoms in total. The van der Waals surface area contributed by atoms with Gasteiger partial charge >= 0.3 is 0 Å². The molecule has 2 aromatic carbocycles. The Bertz CT molecular complexity index is 2150. The summed E-state index contributed by atoms with van der Waals surface area (Å²) in [6, 6.07) is 5.77. The maximum atomic E-state index is 14.6. The Labute approximate surface area is 362 Å². The van der Waals surface area contributed by atoms with Crippen molar-refractivity contribution in [3.8, 4) is 40.1 Å². The third kappa shape index (κ3) is 9.08. The number of phenolic OH excluding ortho intramolecular Hbond substituents is 2. The Kier molecular flexibility index (Phi) is 14.3. The van der Waals surface area contributed by atoms with Crippen LogP contribution in [0.1, 0.15) is 20.8 Å². The van der Waals surface area contributed by atoms with Gasteiger partial charge in [0.05, 0.1) is 32.0 Å². The van der Waals surface area contributed by atoms with Crippen molar-refractivity contribution in [3.63, 3.8) is 0 Å². The fraction of sp³-hybridized carbons (Fsp3) is 0.625. The van der Waals surface area contributed by atoms with E-state index in [9.17, 15) is 71.2 Å². The van der Waals surface area contributed by atoms with Crippen LogP contribution in [0.4, 0.5) is 0 Å². The van der Waals surface area contributed by atoms with Crippen LogP contribution in [0, 0.1) is 0 Å². The Morgan fingerprint density at radius 1 is 0.578 bits per heavy atom. The Morgan fingerprint density at radius 3 is 1.75 bits per heavy atom. The third-order valence-corrected chi connectivity index (χ3v) is 11.6. The first-order chi connectivity index (χ1) is 30.2. The number of phenols is 2. The Hall–Kier alpha value is -4.03. The van der Waals surface area contributed by atoms with Crippen molar-refractivity contribution in [1.29, 1.82) is 0 Å². The van der Waals surface area contributed by atoms with E-state index in [1.807, 2.05) is 0 Å². The molecule has 0 saturated carbocycles. The maximum Gasteiger partial charge on any atom is 0.239 e. The smallest absolute Gasteiger partial charge is 0.239 e. The highest BCUT2D eigenvalue weighted by Crippen LogP contribution is 2.41. The average Bonchev–Trinajstić information content (AvgIpc) is 3.26. The molecule has 0 spiro atoms. The number of hydrogen-bond acceptors (Lipinski definition) is 24. The molecule has 0 amide bonds. The fourth-order valence-corrected chi connectivity index (χ4v) is 7.71. The van der Waals surface area contributed by atoms with Crippen molar-refractivity contribution < 1.29 is 113 Å². The second-order valence-electron chi connectivity index (χ2n) is 16.0. The molecule has 24 heteroatoms. The van der Waals surface area contributed by atoms with Crippen LogP contribution in [-0.4, -0.2) is 203 Å². The van der Waals surface area contributed by atoms with E-state index >= 15 is 0 Å². The molecule has 8 unspecified atom stereocenters. The van der Waals surface area contributed by atoms with E-state index in [-0.39, 0.29) is 28.4 Å². The number of ether oxygens (including phenoxy) is 9. The van der Waals surface area contributed by atoms with Crippen LogP contribution in [-0.2, 0) is 28.4 Å². The van der Waals surface area contributed by atoms with Gasteiger partial charge in [-0.05, 0) is 39.0 Å². The van der Waals surface area contributed by atoms with Gasteiger partial charge in [-0.25, -0.2) is 0 Å². The quantitative estimate of drug-likeness (QED) is 0.0871. The summed E-state index contributed by atoms with van der Waals surface area (Å²) in [5, 5.41) is 138. The number of benzene rings is 2. The van der Waals surface area contributed by atoms with E-state index in [1.54, 1.807) is 0 Å². The first-order valence-electron chi connectivity index (χ1n) is 20.1. The summed E-state index contributed by atoms with van der Waals surface area (Å²) in [6.45, 7) is 3.43. The molecule has 7 rings (SSSR count). The number of aliphatic hydroxyl groups excluding tert-OH is 11. The lowest BCUT2D eigenvalue weighted by atomic mass is 9.97. The molecule has 1 aromatic heterocycles. The summed E-state index contributed by atoms with van der Waals surface area (Å²) in [4.78, 5) is 14.6. The number of hydrogen-bond donors (Lipinski definition) is 13. The zero-order valence-corrected chi connectivity index (χ0v) is 34.4. The molecule has 4 aliphatic heterocycles. The number of methoxy groups -OCH3 is 1. The lowest BCUT2D eigenvalue weighted by Crippen LogP contribution is -2.65. The van der Waals surface area contributed by atoms with Crippen molar-refractivity contribution in [1.82, 2.24) is 0 Å². The van der Waals surface area contributed by atoms with Crippen LogP contribution < -0.4 is 19.6 Å². The molecular formula is C40H52O24. The zero-order chi connectivity index (χ0) is 46.6. The summed E-state index contributed by atoms with van der Waals surface area (Å²) in [5.74, 6) is -2.71. The van der Waals surface area contributed by atoms with Crippen LogP contribution in [0.15, 0.2) is 39.5 Å². The minimum atomic E-state index is -2.08. The molecule has 64 heavy (non-hydrogen) atoms. The average molecular weight is 917 g/mol. The van der Waals surface area contributed by atoms with Crippen LogP contribution in [0.3, 0.4) is 0 Å². The summed E-state index contributed by atoms with van der Waals surface area (Å²) >= 11 is 0. The van der Waals surface area contributed by atoms with Gasteiger partial charge in [-0.15, -0.1) is 0 Å². The predicted molar refractivity (Wildman–Crippen MR) is 208 cm³/mol. The van der Waals surface area contributed by atoms with Gasteiger partial charge in [-0.3, -0.25) is 4.79 Å². The first kappa shape index (κ1) is 47.9.